The van der Waals surface area contributed by atoms with E-state index in [2.05, 4.69) is 21.2 Å². The Labute approximate surface area is 102 Å². The number of benzene rings is 1. The number of carboxylic acids is 1. The molecule has 5 heteroatoms. The van der Waals surface area contributed by atoms with E-state index in [1.807, 2.05) is 24.3 Å². The summed E-state index contributed by atoms with van der Waals surface area (Å²) in [6.07, 6.45) is -0.0660. The van der Waals surface area contributed by atoms with Gasteiger partial charge in [-0.25, -0.2) is 0 Å². The number of hydrogen-bond acceptors (Lipinski definition) is 3. The number of carbonyl (C=O) groups is 1. The molecule has 0 amide bonds. The molecule has 1 heterocycles. The van der Waals surface area contributed by atoms with Crippen LogP contribution in [0.1, 0.15) is 11.7 Å². The minimum atomic E-state index is -0.866. The lowest BCUT2D eigenvalue weighted by Crippen LogP contribution is -2.47. The van der Waals surface area contributed by atoms with Crippen molar-refractivity contribution in [3.05, 3.63) is 34.3 Å². The van der Waals surface area contributed by atoms with Gasteiger partial charge in [0.1, 0.15) is 6.04 Å². The Hall–Kier alpha value is -0.910. The van der Waals surface area contributed by atoms with Gasteiger partial charge in [0, 0.05) is 11.0 Å². The summed E-state index contributed by atoms with van der Waals surface area (Å²) in [6, 6.07) is 7.24. The van der Waals surface area contributed by atoms with Crippen molar-refractivity contribution in [3.63, 3.8) is 0 Å². The van der Waals surface area contributed by atoms with Gasteiger partial charge in [-0.2, -0.15) is 0 Å². The molecule has 4 nitrogen and oxygen atoms in total. The SMILES string of the molecule is O=C(O)C1COC(c2ccc(Br)cc2)CN1. The molecule has 1 fully saturated rings. The van der Waals surface area contributed by atoms with Crippen LogP contribution in [0.5, 0.6) is 0 Å². The quantitative estimate of drug-likeness (QED) is 0.866. The van der Waals surface area contributed by atoms with Crippen LogP contribution in [0.15, 0.2) is 28.7 Å². The van der Waals surface area contributed by atoms with Crippen LogP contribution in [0, 0.1) is 0 Å². The second-order valence-electron chi connectivity index (χ2n) is 3.67. The van der Waals surface area contributed by atoms with Gasteiger partial charge in [-0.1, -0.05) is 28.1 Å². The highest BCUT2D eigenvalue weighted by Crippen LogP contribution is 2.21. The molecule has 1 aromatic carbocycles. The van der Waals surface area contributed by atoms with Crippen molar-refractivity contribution in [2.24, 2.45) is 0 Å². The predicted octanol–water partition coefficient (Wildman–Crippen LogP) is 1.56. The van der Waals surface area contributed by atoms with Gasteiger partial charge in [-0.05, 0) is 17.7 Å². The lowest BCUT2D eigenvalue weighted by molar-refractivity contribution is -0.144. The second kappa shape index (κ2) is 4.95. The molecule has 2 atom stereocenters. The fourth-order valence-corrected chi connectivity index (χ4v) is 1.89. The van der Waals surface area contributed by atoms with Crippen LogP contribution in [0.4, 0.5) is 0 Å². The van der Waals surface area contributed by atoms with Gasteiger partial charge in [0.05, 0.1) is 12.7 Å². The lowest BCUT2D eigenvalue weighted by atomic mass is 10.1. The van der Waals surface area contributed by atoms with E-state index in [1.165, 1.54) is 0 Å². The first kappa shape index (κ1) is 11.6. The molecule has 0 aliphatic carbocycles. The maximum absolute atomic E-state index is 10.7. The van der Waals surface area contributed by atoms with Gasteiger partial charge in [0.25, 0.3) is 0 Å². The van der Waals surface area contributed by atoms with Crippen molar-refractivity contribution < 1.29 is 14.6 Å². The van der Waals surface area contributed by atoms with Crippen molar-refractivity contribution in [2.45, 2.75) is 12.1 Å². The third-order valence-corrected chi connectivity index (χ3v) is 3.08. The third-order valence-electron chi connectivity index (χ3n) is 2.55. The minimum absolute atomic E-state index is 0.0660. The fourth-order valence-electron chi connectivity index (χ4n) is 1.63. The Morgan fingerprint density at radius 3 is 2.62 bits per heavy atom. The van der Waals surface area contributed by atoms with E-state index in [4.69, 9.17) is 9.84 Å². The molecular weight excluding hydrogens is 274 g/mol. The number of hydrogen-bond donors (Lipinski definition) is 2. The molecule has 0 bridgehead atoms. The van der Waals surface area contributed by atoms with Crippen molar-refractivity contribution in [1.82, 2.24) is 5.32 Å². The molecule has 1 aromatic rings. The highest BCUT2D eigenvalue weighted by Gasteiger charge is 2.26. The smallest absolute Gasteiger partial charge is 0.323 e. The van der Waals surface area contributed by atoms with Crippen LogP contribution >= 0.6 is 15.9 Å². The highest BCUT2D eigenvalue weighted by atomic mass is 79.9. The number of ether oxygens (including phenoxy) is 1. The summed E-state index contributed by atoms with van der Waals surface area (Å²) in [7, 11) is 0. The number of morpholine rings is 1. The van der Waals surface area contributed by atoms with Crippen molar-refractivity contribution >= 4 is 21.9 Å². The van der Waals surface area contributed by atoms with E-state index >= 15 is 0 Å². The molecule has 2 N–H and O–H groups in total. The van der Waals surface area contributed by atoms with E-state index in [1.54, 1.807) is 0 Å². The molecule has 1 saturated heterocycles. The molecule has 16 heavy (non-hydrogen) atoms. The molecule has 0 aromatic heterocycles. The zero-order valence-electron chi connectivity index (χ0n) is 8.52. The molecular formula is C11H12BrNO3. The van der Waals surface area contributed by atoms with Gasteiger partial charge in [0.15, 0.2) is 0 Å². The Morgan fingerprint density at radius 1 is 1.44 bits per heavy atom. The predicted molar refractivity (Wildman–Crippen MR) is 62.3 cm³/mol. The van der Waals surface area contributed by atoms with Gasteiger partial charge in [-0.3, -0.25) is 10.1 Å². The number of rotatable bonds is 2. The summed E-state index contributed by atoms with van der Waals surface area (Å²) in [5.74, 6) is -0.866. The number of aliphatic carboxylic acids is 1. The monoisotopic (exact) mass is 285 g/mol. The summed E-state index contributed by atoms with van der Waals surface area (Å²) in [4.78, 5) is 10.7. The molecule has 0 saturated carbocycles. The molecule has 2 rings (SSSR count). The first-order valence-electron chi connectivity index (χ1n) is 5.00. The van der Waals surface area contributed by atoms with E-state index in [9.17, 15) is 4.79 Å². The van der Waals surface area contributed by atoms with Gasteiger partial charge < -0.3 is 9.84 Å². The van der Waals surface area contributed by atoms with Gasteiger partial charge in [-0.15, -0.1) is 0 Å². The first-order chi connectivity index (χ1) is 7.66. The van der Waals surface area contributed by atoms with Crippen molar-refractivity contribution in [3.8, 4) is 0 Å². The lowest BCUT2D eigenvalue weighted by Gasteiger charge is -2.28. The standard InChI is InChI=1S/C11H12BrNO3/c12-8-3-1-7(2-4-8)10-5-13-9(6-16-10)11(14)15/h1-4,9-10,13H,5-6H2,(H,14,15). The van der Waals surface area contributed by atoms with E-state index in [0.29, 0.717) is 6.54 Å². The van der Waals surface area contributed by atoms with Crippen LogP contribution in [0.2, 0.25) is 0 Å². The number of nitrogens with one attached hydrogen (secondary N) is 1. The van der Waals surface area contributed by atoms with Crippen LogP contribution < -0.4 is 5.32 Å². The third kappa shape index (κ3) is 2.61. The largest absolute Gasteiger partial charge is 0.480 e. The van der Waals surface area contributed by atoms with E-state index in [0.717, 1.165) is 10.0 Å². The molecule has 0 spiro atoms. The number of halogens is 1. The second-order valence-corrected chi connectivity index (χ2v) is 4.59. The van der Waals surface area contributed by atoms with Gasteiger partial charge in [0.2, 0.25) is 0 Å². The Kier molecular flexibility index (Phi) is 3.58. The maximum Gasteiger partial charge on any atom is 0.323 e. The van der Waals surface area contributed by atoms with Crippen LogP contribution in [-0.4, -0.2) is 30.3 Å². The average Bonchev–Trinajstić information content (AvgIpc) is 2.30. The molecule has 2 unspecified atom stereocenters. The van der Waals surface area contributed by atoms with Crippen LogP contribution in [0.3, 0.4) is 0 Å². The average molecular weight is 286 g/mol. The Bertz CT molecular complexity index is 371. The van der Waals surface area contributed by atoms with Crippen LogP contribution in [-0.2, 0) is 9.53 Å². The maximum atomic E-state index is 10.7. The van der Waals surface area contributed by atoms with Gasteiger partial charge >= 0.3 is 5.97 Å². The Morgan fingerprint density at radius 2 is 2.12 bits per heavy atom. The molecule has 1 aliphatic rings. The van der Waals surface area contributed by atoms with Crippen molar-refractivity contribution in [2.75, 3.05) is 13.2 Å². The zero-order chi connectivity index (χ0) is 11.5. The van der Waals surface area contributed by atoms with Crippen LogP contribution in [0.25, 0.3) is 0 Å². The summed E-state index contributed by atoms with van der Waals surface area (Å²) in [5.41, 5.74) is 1.06. The van der Waals surface area contributed by atoms with E-state index < -0.39 is 12.0 Å². The zero-order valence-corrected chi connectivity index (χ0v) is 10.1. The summed E-state index contributed by atoms with van der Waals surface area (Å²) in [6.45, 7) is 0.731. The molecule has 0 radical (unpaired) electrons. The molecule has 86 valence electrons. The fraction of sp³-hybridized carbons (Fsp3) is 0.364. The van der Waals surface area contributed by atoms with Crippen molar-refractivity contribution in [1.29, 1.82) is 0 Å². The first-order valence-corrected chi connectivity index (χ1v) is 5.79. The Balaban J connectivity index is 1.99. The highest BCUT2D eigenvalue weighted by molar-refractivity contribution is 9.10. The molecule has 1 aliphatic heterocycles. The summed E-state index contributed by atoms with van der Waals surface area (Å²) >= 11 is 3.36. The topological polar surface area (TPSA) is 58.6 Å². The van der Waals surface area contributed by atoms with E-state index in [-0.39, 0.29) is 12.7 Å². The normalized spacial score (nSPS) is 25.3. The number of carboxylic acid groups (broad SMARTS) is 1. The summed E-state index contributed by atoms with van der Waals surface area (Å²) in [5, 5.41) is 11.7. The minimum Gasteiger partial charge on any atom is -0.480 e. The summed E-state index contributed by atoms with van der Waals surface area (Å²) < 4.78 is 6.54.